The van der Waals surface area contributed by atoms with Crippen LogP contribution in [-0.4, -0.2) is 47.3 Å². The number of methoxy groups -OCH3 is 1. The molecule has 1 aromatic carbocycles. The number of hydrogen-bond donors (Lipinski definition) is 5. The van der Waals surface area contributed by atoms with Crippen LogP contribution in [0.2, 0.25) is 5.02 Å². The summed E-state index contributed by atoms with van der Waals surface area (Å²) in [4.78, 5) is 30.2. The number of aromatic nitrogens is 1. The second-order valence-electron chi connectivity index (χ2n) is 12.0. The van der Waals surface area contributed by atoms with Gasteiger partial charge in [-0.15, -0.1) is 0 Å². The Morgan fingerprint density at radius 3 is 2.49 bits per heavy atom. The van der Waals surface area contributed by atoms with E-state index in [2.05, 4.69) is 15.6 Å². The predicted molar refractivity (Wildman–Crippen MR) is 159 cm³/mol. The van der Waals surface area contributed by atoms with Crippen LogP contribution in [0.4, 0.5) is 13.2 Å². The summed E-state index contributed by atoms with van der Waals surface area (Å²) in [7, 11) is 1.39. The minimum Gasteiger partial charge on any atom is -0.494 e. The number of allylic oxidation sites excluding steroid dienone is 2. The Morgan fingerprint density at radius 2 is 1.89 bits per heavy atom. The molecule has 0 unspecified atom stereocenters. The van der Waals surface area contributed by atoms with Gasteiger partial charge in [0.25, 0.3) is 5.91 Å². The molecule has 2 aromatic rings. The molecule has 1 aromatic heterocycles. The van der Waals surface area contributed by atoms with Gasteiger partial charge in [0.05, 0.1) is 29.8 Å². The first-order chi connectivity index (χ1) is 21.4. The average Bonchev–Trinajstić information content (AvgIpc) is 3.86. The van der Waals surface area contributed by atoms with Gasteiger partial charge in [-0.25, -0.2) is 18.2 Å². The lowest BCUT2D eigenvalue weighted by Crippen LogP contribution is -2.44. The van der Waals surface area contributed by atoms with Gasteiger partial charge in [-0.3, -0.25) is 15.0 Å². The molecule has 13 heteroatoms. The zero-order valence-corrected chi connectivity index (χ0v) is 25.0. The van der Waals surface area contributed by atoms with Crippen molar-refractivity contribution < 1.29 is 32.6 Å². The van der Waals surface area contributed by atoms with Crippen LogP contribution in [0.25, 0.3) is 11.3 Å². The number of rotatable bonds is 11. The summed E-state index contributed by atoms with van der Waals surface area (Å²) in [5, 5.41) is 25.9. The topological polar surface area (TPSA) is 150 Å². The van der Waals surface area contributed by atoms with E-state index in [9.17, 15) is 19.1 Å². The van der Waals surface area contributed by atoms with Crippen LogP contribution in [0.1, 0.15) is 49.8 Å². The molecule has 6 N–H and O–H groups in total. The summed E-state index contributed by atoms with van der Waals surface area (Å²) in [5.74, 6) is -4.83. The number of hydrogen-bond acceptors (Lipinski definition) is 7. The number of nitrogens with two attached hydrogens (primary N) is 1. The first kappa shape index (κ1) is 30.8. The Balaban J connectivity index is 1.37. The number of ether oxygens (including phenoxy) is 1. The second-order valence-corrected chi connectivity index (χ2v) is 12.4. The van der Waals surface area contributed by atoms with E-state index in [1.54, 1.807) is 6.20 Å². The van der Waals surface area contributed by atoms with Crippen LogP contribution in [-0.2, 0) is 25.3 Å². The zero-order chi connectivity index (χ0) is 32.3. The molecule has 45 heavy (non-hydrogen) atoms. The van der Waals surface area contributed by atoms with Crippen LogP contribution in [0.3, 0.4) is 0 Å². The fourth-order valence-corrected chi connectivity index (χ4v) is 5.74. The number of amides is 2. The van der Waals surface area contributed by atoms with Crippen molar-refractivity contribution >= 4 is 29.1 Å². The Morgan fingerprint density at radius 1 is 1.18 bits per heavy atom. The lowest BCUT2D eigenvalue weighted by molar-refractivity contribution is -0.120. The molecule has 1 heterocycles. The number of primary amides is 1. The van der Waals surface area contributed by atoms with E-state index in [0.29, 0.717) is 30.5 Å². The highest BCUT2D eigenvalue weighted by atomic mass is 35.5. The molecule has 0 bridgehead atoms. The highest BCUT2D eigenvalue weighted by Crippen LogP contribution is 2.52. The maximum atomic E-state index is 16.1. The van der Waals surface area contributed by atoms with Gasteiger partial charge in [-0.05, 0) is 68.7 Å². The minimum atomic E-state index is -1.86. The SMILES string of the molecule is COC1=CC(C(=O)NC[C@](O)(c2cc(C3(C(N)=O)CC3)c(F)c(-c3cc(Cl)c(F)cc3F)n2)C2CC2)=C/C(=C/NC2CC2)C1=N. The van der Waals surface area contributed by atoms with Gasteiger partial charge in [0.2, 0.25) is 5.91 Å². The van der Waals surface area contributed by atoms with Crippen molar-refractivity contribution in [1.82, 2.24) is 15.6 Å². The normalized spacial score (nSPS) is 21.0. The largest absolute Gasteiger partial charge is 0.494 e. The number of aliphatic hydroxyl groups is 1. The Labute approximate surface area is 261 Å². The van der Waals surface area contributed by atoms with Gasteiger partial charge in [0, 0.05) is 40.6 Å². The average molecular weight is 642 g/mol. The van der Waals surface area contributed by atoms with E-state index in [1.807, 2.05) is 0 Å². The van der Waals surface area contributed by atoms with Crippen LogP contribution in [0.5, 0.6) is 0 Å². The van der Waals surface area contributed by atoms with Crippen LogP contribution in [0.15, 0.2) is 53.5 Å². The lowest BCUT2D eigenvalue weighted by Gasteiger charge is -2.30. The molecule has 1 atom stereocenters. The smallest absolute Gasteiger partial charge is 0.251 e. The summed E-state index contributed by atoms with van der Waals surface area (Å²) in [6.07, 6.45) is 8.22. The van der Waals surface area contributed by atoms with Crippen molar-refractivity contribution in [2.45, 2.75) is 55.6 Å². The van der Waals surface area contributed by atoms with Crippen LogP contribution < -0.4 is 16.4 Å². The molecular formula is C32H31ClF3N5O4. The summed E-state index contributed by atoms with van der Waals surface area (Å²) >= 11 is 5.90. The summed E-state index contributed by atoms with van der Waals surface area (Å²) in [6, 6.07) is 2.96. The lowest BCUT2D eigenvalue weighted by atomic mass is 9.86. The van der Waals surface area contributed by atoms with E-state index in [0.717, 1.165) is 18.9 Å². The van der Waals surface area contributed by atoms with E-state index in [-0.39, 0.29) is 47.7 Å². The fourth-order valence-electron chi connectivity index (χ4n) is 5.58. The Hall–Kier alpha value is -4.16. The first-order valence-corrected chi connectivity index (χ1v) is 15.0. The molecule has 4 aliphatic rings. The third-order valence-electron chi connectivity index (χ3n) is 8.84. The van der Waals surface area contributed by atoms with Gasteiger partial charge in [0.1, 0.15) is 34.4 Å². The monoisotopic (exact) mass is 641 g/mol. The number of pyridine rings is 1. The molecule has 0 aliphatic heterocycles. The number of nitrogens with one attached hydrogen (secondary N) is 3. The molecule has 0 spiro atoms. The number of carbonyl (C=O) groups excluding carboxylic acids is 2. The van der Waals surface area contributed by atoms with Crippen molar-refractivity contribution in [3.63, 3.8) is 0 Å². The second kappa shape index (κ2) is 11.3. The molecular weight excluding hydrogens is 611 g/mol. The summed E-state index contributed by atoms with van der Waals surface area (Å²) < 4.78 is 50.4. The van der Waals surface area contributed by atoms with Crippen molar-refractivity contribution in [3.05, 3.63) is 87.2 Å². The third kappa shape index (κ3) is 5.72. The van der Waals surface area contributed by atoms with Gasteiger partial charge >= 0.3 is 0 Å². The zero-order valence-electron chi connectivity index (χ0n) is 24.3. The highest BCUT2D eigenvalue weighted by molar-refractivity contribution is 6.31. The summed E-state index contributed by atoms with van der Waals surface area (Å²) in [6.45, 7) is -0.367. The quantitative estimate of drug-likeness (QED) is 0.232. The van der Waals surface area contributed by atoms with Crippen molar-refractivity contribution in [2.75, 3.05) is 13.7 Å². The number of carbonyl (C=O) groups is 2. The predicted octanol–water partition coefficient (Wildman–Crippen LogP) is 4.18. The van der Waals surface area contributed by atoms with Gasteiger partial charge in [0.15, 0.2) is 5.82 Å². The minimum absolute atomic E-state index is 0.101. The molecule has 9 nitrogen and oxygen atoms in total. The van der Waals surface area contributed by atoms with Gasteiger partial charge < -0.3 is 26.2 Å². The number of nitrogens with zero attached hydrogens (tertiary/aromatic N) is 1. The van der Waals surface area contributed by atoms with Gasteiger partial charge in [-0.2, -0.15) is 0 Å². The summed E-state index contributed by atoms with van der Waals surface area (Å²) in [5.41, 5.74) is 1.82. The third-order valence-corrected chi connectivity index (χ3v) is 9.13. The number of halogens is 4. The van der Waals surface area contributed by atoms with E-state index in [4.69, 9.17) is 27.5 Å². The van der Waals surface area contributed by atoms with E-state index >= 15 is 8.78 Å². The van der Waals surface area contributed by atoms with E-state index in [1.165, 1.54) is 25.3 Å². The van der Waals surface area contributed by atoms with Crippen molar-refractivity contribution in [1.29, 1.82) is 5.41 Å². The highest BCUT2D eigenvalue weighted by Gasteiger charge is 2.54. The maximum absolute atomic E-state index is 16.1. The molecule has 236 valence electrons. The number of benzene rings is 1. The molecule has 2 amide bonds. The van der Waals surface area contributed by atoms with Crippen LogP contribution >= 0.6 is 11.6 Å². The Bertz CT molecular complexity index is 1730. The fraction of sp³-hybridized carbons (Fsp3) is 0.375. The van der Waals surface area contributed by atoms with Crippen molar-refractivity contribution in [3.8, 4) is 11.3 Å². The first-order valence-electron chi connectivity index (χ1n) is 14.6. The Kier molecular flexibility index (Phi) is 7.77. The molecule has 6 rings (SSSR count). The van der Waals surface area contributed by atoms with Gasteiger partial charge in [-0.1, -0.05) is 11.6 Å². The molecule has 4 aliphatic carbocycles. The standard InChI is InChI=1S/C32H31ClF3N5O4/c1-45-24-9-15(8-16(27(24)37)13-39-18-4-5-18)29(42)40-14-32(44,17-2-3-17)25-11-20(31(6-7-31)30(38)43)26(36)28(41-25)19-10-21(33)23(35)12-22(19)34/h8-13,17-18,37,39,44H,2-7,14H2,1H3,(H2,38,43)(H,40,42)/b16-13-,37-27?/t32-/m1/s1. The molecule has 0 radical (unpaired) electrons. The molecule has 3 saturated carbocycles. The van der Waals surface area contributed by atoms with Crippen LogP contribution in [0, 0.1) is 28.8 Å². The van der Waals surface area contributed by atoms with E-state index < -0.39 is 62.5 Å². The van der Waals surface area contributed by atoms with Crippen molar-refractivity contribution in [2.24, 2.45) is 11.7 Å². The molecule has 0 saturated heterocycles. The maximum Gasteiger partial charge on any atom is 0.251 e. The molecule has 3 fully saturated rings.